The molecule has 2 heterocycles. The van der Waals surface area contributed by atoms with Gasteiger partial charge in [-0.25, -0.2) is 9.97 Å². The SMILES string of the molecule is Cc1cc(Nc2cc(NC(C)(C)C)ncn2)no1. The summed E-state index contributed by atoms with van der Waals surface area (Å²) >= 11 is 0. The topological polar surface area (TPSA) is 75.9 Å². The summed E-state index contributed by atoms with van der Waals surface area (Å²) in [4.78, 5) is 8.30. The molecule has 0 radical (unpaired) electrons. The highest BCUT2D eigenvalue weighted by Gasteiger charge is 2.11. The first-order chi connectivity index (χ1) is 8.42. The maximum atomic E-state index is 4.98. The van der Waals surface area contributed by atoms with Crippen molar-refractivity contribution in [3.8, 4) is 0 Å². The van der Waals surface area contributed by atoms with Crippen LogP contribution in [0.25, 0.3) is 0 Å². The Morgan fingerprint density at radius 1 is 1.06 bits per heavy atom. The van der Waals surface area contributed by atoms with Gasteiger partial charge in [0.05, 0.1) is 0 Å². The standard InChI is InChI=1S/C12H17N5O/c1-8-5-11(17-18-8)15-9-6-10(14-7-13-9)16-12(2,3)4/h5-7H,1-4H3,(H2,13,14,15,16,17). The second-order valence-electron chi connectivity index (χ2n) is 5.11. The summed E-state index contributed by atoms with van der Waals surface area (Å²) in [7, 11) is 0. The fourth-order valence-electron chi connectivity index (χ4n) is 1.43. The van der Waals surface area contributed by atoms with Crippen molar-refractivity contribution in [2.75, 3.05) is 10.6 Å². The monoisotopic (exact) mass is 247 g/mol. The molecule has 0 aromatic carbocycles. The fraction of sp³-hybridized carbons (Fsp3) is 0.417. The Morgan fingerprint density at radius 3 is 2.39 bits per heavy atom. The maximum absolute atomic E-state index is 4.98. The van der Waals surface area contributed by atoms with Gasteiger partial charge in [0.1, 0.15) is 23.7 Å². The van der Waals surface area contributed by atoms with Gasteiger partial charge in [-0.3, -0.25) is 0 Å². The lowest BCUT2D eigenvalue weighted by atomic mass is 10.1. The second-order valence-corrected chi connectivity index (χ2v) is 5.11. The summed E-state index contributed by atoms with van der Waals surface area (Å²) < 4.78 is 4.98. The number of aryl methyl sites for hydroxylation is 1. The van der Waals surface area contributed by atoms with Gasteiger partial charge in [0, 0.05) is 17.7 Å². The van der Waals surface area contributed by atoms with Crippen LogP contribution in [0.1, 0.15) is 26.5 Å². The van der Waals surface area contributed by atoms with Gasteiger partial charge in [-0.15, -0.1) is 0 Å². The van der Waals surface area contributed by atoms with Crippen LogP contribution in [0.2, 0.25) is 0 Å². The summed E-state index contributed by atoms with van der Waals surface area (Å²) in [5.74, 6) is 2.82. The molecule has 0 bridgehead atoms. The molecule has 2 aromatic heterocycles. The Balaban J connectivity index is 2.12. The number of anilines is 3. The van der Waals surface area contributed by atoms with Crippen LogP contribution >= 0.6 is 0 Å². The number of nitrogens with zero attached hydrogens (tertiary/aromatic N) is 3. The molecule has 0 unspecified atom stereocenters. The van der Waals surface area contributed by atoms with Gasteiger partial charge in [-0.2, -0.15) is 0 Å². The van der Waals surface area contributed by atoms with E-state index in [1.54, 1.807) is 6.07 Å². The average molecular weight is 247 g/mol. The molecule has 2 rings (SSSR count). The van der Waals surface area contributed by atoms with E-state index in [0.29, 0.717) is 11.6 Å². The Morgan fingerprint density at radius 2 is 1.78 bits per heavy atom. The van der Waals surface area contributed by atoms with Crippen LogP contribution in [0.5, 0.6) is 0 Å². The zero-order chi connectivity index (χ0) is 13.2. The second kappa shape index (κ2) is 4.64. The molecular formula is C12H17N5O. The summed E-state index contributed by atoms with van der Waals surface area (Å²) in [6, 6.07) is 3.63. The Labute approximate surface area is 106 Å². The first-order valence-corrected chi connectivity index (χ1v) is 5.73. The van der Waals surface area contributed by atoms with Crippen molar-refractivity contribution in [1.29, 1.82) is 0 Å². The third kappa shape index (κ3) is 3.44. The van der Waals surface area contributed by atoms with Gasteiger partial charge in [-0.1, -0.05) is 5.16 Å². The number of hydrogen-bond donors (Lipinski definition) is 2. The van der Waals surface area contributed by atoms with Gasteiger partial charge < -0.3 is 15.2 Å². The molecule has 2 aromatic rings. The van der Waals surface area contributed by atoms with Crippen molar-refractivity contribution in [2.24, 2.45) is 0 Å². The first-order valence-electron chi connectivity index (χ1n) is 5.73. The Bertz CT molecular complexity index is 529. The Kier molecular flexibility index (Phi) is 3.18. The van der Waals surface area contributed by atoms with Gasteiger partial charge in [0.15, 0.2) is 5.82 Å². The molecule has 0 fully saturated rings. The largest absolute Gasteiger partial charge is 0.365 e. The van der Waals surface area contributed by atoms with Crippen LogP contribution in [-0.4, -0.2) is 20.7 Å². The number of aromatic nitrogens is 3. The predicted octanol–water partition coefficient (Wildman–Crippen LogP) is 2.73. The first kappa shape index (κ1) is 12.3. The summed E-state index contributed by atoms with van der Waals surface area (Å²) in [6.45, 7) is 8.06. The van der Waals surface area contributed by atoms with Crippen molar-refractivity contribution >= 4 is 17.5 Å². The lowest BCUT2D eigenvalue weighted by Gasteiger charge is -2.21. The normalized spacial score (nSPS) is 11.3. The Hall–Kier alpha value is -2.11. The molecule has 0 amide bonds. The van der Waals surface area contributed by atoms with Crippen LogP contribution in [0.3, 0.4) is 0 Å². The molecule has 18 heavy (non-hydrogen) atoms. The number of hydrogen-bond acceptors (Lipinski definition) is 6. The molecule has 0 saturated carbocycles. The fourth-order valence-corrected chi connectivity index (χ4v) is 1.43. The molecule has 96 valence electrons. The minimum Gasteiger partial charge on any atom is -0.365 e. The van der Waals surface area contributed by atoms with Crippen molar-refractivity contribution in [1.82, 2.24) is 15.1 Å². The minimum absolute atomic E-state index is 0.0455. The van der Waals surface area contributed by atoms with Crippen molar-refractivity contribution < 1.29 is 4.52 Å². The van der Waals surface area contributed by atoms with E-state index in [0.717, 1.165) is 11.6 Å². The number of rotatable bonds is 3. The van der Waals surface area contributed by atoms with Gasteiger partial charge in [0.2, 0.25) is 0 Å². The molecule has 0 atom stereocenters. The van der Waals surface area contributed by atoms with Crippen molar-refractivity contribution in [3.63, 3.8) is 0 Å². The summed E-state index contributed by atoms with van der Waals surface area (Å²) in [5.41, 5.74) is -0.0455. The lowest BCUT2D eigenvalue weighted by molar-refractivity contribution is 0.400. The molecule has 6 nitrogen and oxygen atoms in total. The summed E-state index contributed by atoms with van der Waals surface area (Å²) in [6.07, 6.45) is 1.50. The zero-order valence-electron chi connectivity index (χ0n) is 11.0. The van der Waals surface area contributed by atoms with Crippen LogP contribution in [0.4, 0.5) is 17.5 Å². The number of nitrogens with one attached hydrogen (secondary N) is 2. The van der Waals surface area contributed by atoms with Gasteiger partial charge in [0.25, 0.3) is 0 Å². The highest BCUT2D eigenvalue weighted by atomic mass is 16.5. The quantitative estimate of drug-likeness (QED) is 0.868. The van der Waals surface area contributed by atoms with Crippen LogP contribution < -0.4 is 10.6 Å². The van der Waals surface area contributed by atoms with E-state index < -0.39 is 0 Å². The van der Waals surface area contributed by atoms with Crippen LogP contribution in [0, 0.1) is 6.92 Å². The average Bonchev–Trinajstić information content (AvgIpc) is 2.62. The van der Waals surface area contributed by atoms with E-state index in [2.05, 4.69) is 46.5 Å². The zero-order valence-corrected chi connectivity index (χ0v) is 11.0. The van der Waals surface area contributed by atoms with Crippen molar-refractivity contribution in [2.45, 2.75) is 33.2 Å². The van der Waals surface area contributed by atoms with E-state index in [1.165, 1.54) is 6.33 Å². The minimum atomic E-state index is -0.0455. The molecule has 0 aliphatic heterocycles. The predicted molar refractivity (Wildman–Crippen MR) is 69.9 cm³/mol. The highest BCUT2D eigenvalue weighted by Crippen LogP contribution is 2.18. The van der Waals surface area contributed by atoms with Crippen LogP contribution in [0.15, 0.2) is 23.0 Å². The molecule has 2 N–H and O–H groups in total. The maximum Gasteiger partial charge on any atom is 0.175 e. The van der Waals surface area contributed by atoms with E-state index in [4.69, 9.17) is 4.52 Å². The third-order valence-electron chi connectivity index (χ3n) is 2.05. The molecular weight excluding hydrogens is 230 g/mol. The lowest BCUT2D eigenvalue weighted by Crippen LogP contribution is -2.26. The smallest absolute Gasteiger partial charge is 0.175 e. The molecule has 0 aliphatic rings. The van der Waals surface area contributed by atoms with E-state index >= 15 is 0 Å². The van der Waals surface area contributed by atoms with Crippen LogP contribution in [-0.2, 0) is 0 Å². The van der Waals surface area contributed by atoms with Crippen molar-refractivity contribution in [3.05, 3.63) is 24.2 Å². The van der Waals surface area contributed by atoms with E-state index in [-0.39, 0.29) is 5.54 Å². The highest BCUT2D eigenvalue weighted by molar-refractivity contribution is 5.55. The molecule has 0 aliphatic carbocycles. The van der Waals surface area contributed by atoms with E-state index in [1.807, 2.05) is 13.0 Å². The molecule has 0 saturated heterocycles. The molecule has 0 spiro atoms. The van der Waals surface area contributed by atoms with Gasteiger partial charge in [-0.05, 0) is 27.7 Å². The van der Waals surface area contributed by atoms with E-state index in [9.17, 15) is 0 Å². The van der Waals surface area contributed by atoms with Gasteiger partial charge >= 0.3 is 0 Å². The molecule has 6 heteroatoms. The third-order valence-corrected chi connectivity index (χ3v) is 2.05. The summed E-state index contributed by atoms with van der Waals surface area (Å²) in [5, 5.41) is 10.2.